The SMILES string of the molecule is CC1COCCN1c1cccc2c1CCCN2. The van der Waals surface area contributed by atoms with Gasteiger partial charge in [0.25, 0.3) is 0 Å². The summed E-state index contributed by atoms with van der Waals surface area (Å²) >= 11 is 0. The molecule has 3 nitrogen and oxygen atoms in total. The molecule has 92 valence electrons. The minimum Gasteiger partial charge on any atom is -0.385 e. The number of morpholine rings is 1. The van der Waals surface area contributed by atoms with Crippen LogP contribution in [0, 0.1) is 0 Å². The molecule has 2 heterocycles. The van der Waals surface area contributed by atoms with E-state index in [2.05, 4.69) is 35.3 Å². The third kappa shape index (κ3) is 2.00. The van der Waals surface area contributed by atoms with Crippen LogP contribution in [0.2, 0.25) is 0 Å². The molecule has 1 atom stereocenters. The largest absolute Gasteiger partial charge is 0.385 e. The quantitative estimate of drug-likeness (QED) is 0.804. The van der Waals surface area contributed by atoms with E-state index in [4.69, 9.17) is 4.74 Å². The monoisotopic (exact) mass is 232 g/mol. The average Bonchev–Trinajstić information content (AvgIpc) is 2.39. The number of nitrogens with one attached hydrogen (secondary N) is 1. The standard InChI is InChI=1S/C14H20N2O/c1-11-10-17-9-8-16(11)14-6-2-5-13-12(14)4-3-7-15-13/h2,5-6,11,15H,3-4,7-10H2,1H3. The first-order chi connectivity index (χ1) is 8.36. The Kier molecular flexibility index (Phi) is 2.93. The highest BCUT2D eigenvalue weighted by Crippen LogP contribution is 2.33. The molecule has 0 aliphatic carbocycles. The Balaban J connectivity index is 1.96. The lowest BCUT2D eigenvalue weighted by Gasteiger charge is -2.37. The van der Waals surface area contributed by atoms with Crippen molar-refractivity contribution in [3.05, 3.63) is 23.8 Å². The van der Waals surface area contributed by atoms with Crippen LogP contribution in [0.4, 0.5) is 11.4 Å². The molecule has 1 aromatic rings. The Labute approximate surface area is 103 Å². The van der Waals surface area contributed by atoms with Crippen molar-refractivity contribution in [1.82, 2.24) is 0 Å². The van der Waals surface area contributed by atoms with E-state index in [1.54, 1.807) is 0 Å². The molecule has 17 heavy (non-hydrogen) atoms. The van der Waals surface area contributed by atoms with Gasteiger partial charge in [-0.25, -0.2) is 0 Å². The number of ether oxygens (including phenoxy) is 1. The molecule has 0 radical (unpaired) electrons. The molecule has 3 rings (SSSR count). The third-order valence-corrected chi connectivity index (χ3v) is 3.75. The number of hydrogen-bond donors (Lipinski definition) is 1. The van der Waals surface area contributed by atoms with Crippen molar-refractivity contribution in [3.63, 3.8) is 0 Å². The predicted molar refractivity (Wildman–Crippen MR) is 70.9 cm³/mol. The molecule has 2 aliphatic rings. The van der Waals surface area contributed by atoms with Gasteiger partial charge < -0.3 is 15.0 Å². The molecule has 2 aliphatic heterocycles. The summed E-state index contributed by atoms with van der Waals surface area (Å²) in [5.74, 6) is 0. The van der Waals surface area contributed by atoms with Crippen LogP contribution in [-0.4, -0.2) is 32.3 Å². The normalized spacial score (nSPS) is 24.1. The van der Waals surface area contributed by atoms with Gasteiger partial charge in [0.2, 0.25) is 0 Å². The zero-order valence-electron chi connectivity index (χ0n) is 10.4. The summed E-state index contributed by atoms with van der Waals surface area (Å²) in [6.07, 6.45) is 2.44. The summed E-state index contributed by atoms with van der Waals surface area (Å²) in [6.45, 7) is 6.06. The van der Waals surface area contributed by atoms with Gasteiger partial charge in [0.1, 0.15) is 0 Å². The highest BCUT2D eigenvalue weighted by atomic mass is 16.5. The Hall–Kier alpha value is -1.22. The van der Waals surface area contributed by atoms with Gasteiger partial charge in [0, 0.05) is 30.5 Å². The van der Waals surface area contributed by atoms with Crippen molar-refractivity contribution < 1.29 is 4.74 Å². The van der Waals surface area contributed by atoms with E-state index in [1.807, 2.05) is 0 Å². The zero-order valence-corrected chi connectivity index (χ0v) is 10.4. The second kappa shape index (κ2) is 4.57. The number of fused-ring (bicyclic) bond motifs is 1. The van der Waals surface area contributed by atoms with Crippen LogP contribution in [0.15, 0.2) is 18.2 Å². The van der Waals surface area contributed by atoms with Crippen LogP contribution >= 0.6 is 0 Å². The van der Waals surface area contributed by atoms with E-state index >= 15 is 0 Å². The number of benzene rings is 1. The van der Waals surface area contributed by atoms with Gasteiger partial charge in [-0.3, -0.25) is 0 Å². The molecular formula is C14H20N2O. The van der Waals surface area contributed by atoms with Crippen LogP contribution in [0.25, 0.3) is 0 Å². The van der Waals surface area contributed by atoms with E-state index in [9.17, 15) is 0 Å². The zero-order chi connectivity index (χ0) is 11.7. The van der Waals surface area contributed by atoms with Crippen molar-refractivity contribution in [2.24, 2.45) is 0 Å². The topological polar surface area (TPSA) is 24.5 Å². The van der Waals surface area contributed by atoms with Gasteiger partial charge in [0.15, 0.2) is 0 Å². The lowest BCUT2D eigenvalue weighted by atomic mass is 9.99. The molecule has 0 amide bonds. The molecule has 0 aromatic heterocycles. The van der Waals surface area contributed by atoms with Crippen molar-refractivity contribution in [2.45, 2.75) is 25.8 Å². The molecule has 1 unspecified atom stereocenters. The van der Waals surface area contributed by atoms with Gasteiger partial charge in [-0.1, -0.05) is 6.07 Å². The molecule has 1 saturated heterocycles. The van der Waals surface area contributed by atoms with Crippen molar-refractivity contribution in [1.29, 1.82) is 0 Å². The number of nitrogens with zero attached hydrogens (tertiary/aromatic N) is 1. The smallest absolute Gasteiger partial charge is 0.0668 e. The minimum atomic E-state index is 0.483. The van der Waals surface area contributed by atoms with Gasteiger partial charge >= 0.3 is 0 Å². The summed E-state index contributed by atoms with van der Waals surface area (Å²) in [6, 6.07) is 7.10. The van der Waals surface area contributed by atoms with Crippen molar-refractivity contribution >= 4 is 11.4 Å². The minimum absolute atomic E-state index is 0.483. The summed E-state index contributed by atoms with van der Waals surface area (Å²) in [5.41, 5.74) is 4.23. The van der Waals surface area contributed by atoms with E-state index in [0.717, 1.165) is 26.3 Å². The highest BCUT2D eigenvalue weighted by molar-refractivity contribution is 5.68. The maximum Gasteiger partial charge on any atom is 0.0668 e. The fourth-order valence-electron chi connectivity index (χ4n) is 2.85. The van der Waals surface area contributed by atoms with Gasteiger partial charge in [0.05, 0.1) is 13.2 Å². The van der Waals surface area contributed by atoms with E-state index < -0.39 is 0 Å². The van der Waals surface area contributed by atoms with Gasteiger partial charge in [-0.15, -0.1) is 0 Å². The van der Waals surface area contributed by atoms with E-state index in [0.29, 0.717) is 6.04 Å². The second-order valence-corrected chi connectivity index (χ2v) is 4.95. The molecule has 3 heteroatoms. The van der Waals surface area contributed by atoms with E-state index in [1.165, 1.54) is 29.8 Å². The highest BCUT2D eigenvalue weighted by Gasteiger charge is 2.23. The summed E-state index contributed by atoms with van der Waals surface area (Å²) in [7, 11) is 0. The van der Waals surface area contributed by atoms with Crippen LogP contribution in [0.5, 0.6) is 0 Å². The molecule has 1 aromatic carbocycles. The third-order valence-electron chi connectivity index (χ3n) is 3.75. The van der Waals surface area contributed by atoms with Crippen molar-refractivity contribution in [3.8, 4) is 0 Å². The molecule has 1 fully saturated rings. The van der Waals surface area contributed by atoms with E-state index in [-0.39, 0.29) is 0 Å². The average molecular weight is 232 g/mol. The van der Waals surface area contributed by atoms with Crippen LogP contribution in [-0.2, 0) is 11.2 Å². The maximum absolute atomic E-state index is 5.52. The lowest BCUT2D eigenvalue weighted by Crippen LogP contribution is -2.44. The van der Waals surface area contributed by atoms with Gasteiger partial charge in [-0.2, -0.15) is 0 Å². The number of hydrogen-bond acceptors (Lipinski definition) is 3. The van der Waals surface area contributed by atoms with Crippen LogP contribution in [0.1, 0.15) is 18.9 Å². The Morgan fingerprint density at radius 2 is 2.35 bits per heavy atom. The lowest BCUT2D eigenvalue weighted by molar-refractivity contribution is 0.0988. The predicted octanol–water partition coefficient (Wildman–Crippen LogP) is 2.27. The molecule has 0 spiro atoms. The summed E-state index contributed by atoms with van der Waals surface area (Å²) in [5, 5.41) is 3.50. The van der Waals surface area contributed by atoms with Crippen molar-refractivity contribution in [2.75, 3.05) is 36.5 Å². The summed E-state index contributed by atoms with van der Waals surface area (Å²) < 4.78 is 5.52. The first-order valence-electron chi connectivity index (χ1n) is 6.56. The van der Waals surface area contributed by atoms with Crippen LogP contribution < -0.4 is 10.2 Å². The molecule has 0 bridgehead atoms. The fraction of sp³-hybridized carbons (Fsp3) is 0.571. The fourth-order valence-corrected chi connectivity index (χ4v) is 2.85. The Morgan fingerprint density at radius 1 is 1.41 bits per heavy atom. The Bertz CT molecular complexity index is 405. The van der Waals surface area contributed by atoms with Crippen LogP contribution in [0.3, 0.4) is 0 Å². The molecular weight excluding hydrogens is 212 g/mol. The Morgan fingerprint density at radius 3 is 3.24 bits per heavy atom. The first-order valence-corrected chi connectivity index (χ1v) is 6.56. The second-order valence-electron chi connectivity index (χ2n) is 4.95. The molecule has 0 saturated carbocycles. The number of anilines is 2. The number of rotatable bonds is 1. The maximum atomic E-state index is 5.52. The van der Waals surface area contributed by atoms with Gasteiger partial charge in [-0.05, 0) is 37.5 Å². The molecule has 1 N–H and O–H groups in total. The first kappa shape index (κ1) is 10.9. The summed E-state index contributed by atoms with van der Waals surface area (Å²) in [4.78, 5) is 2.50.